The molecule has 4 aromatic carbocycles. The van der Waals surface area contributed by atoms with Crippen molar-refractivity contribution < 1.29 is 118 Å². The van der Waals surface area contributed by atoms with E-state index in [0.717, 1.165) is 144 Å². The number of benzene rings is 4. The quantitative estimate of drug-likeness (QED) is 0.0140. The second kappa shape index (κ2) is 62.9. The van der Waals surface area contributed by atoms with Gasteiger partial charge in [-0.25, -0.2) is 19.2 Å². The Morgan fingerprint density at radius 1 is 0.407 bits per heavy atom. The number of halogens is 1. The van der Waals surface area contributed by atoms with Crippen molar-refractivity contribution in [2.24, 2.45) is 26.5 Å². The van der Waals surface area contributed by atoms with Gasteiger partial charge in [0.05, 0.1) is 34.5 Å². The van der Waals surface area contributed by atoms with Crippen molar-refractivity contribution in [1.82, 2.24) is 19.6 Å². The molecule has 4 unspecified atom stereocenters. The monoisotopic (exact) mass is 1960 g/mol. The van der Waals surface area contributed by atoms with Crippen molar-refractivity contribution >= 4 is 82.0 Å². The van der Waals surface area contributed by atoms with Crippen LogP contribution in [-0.4, -0.2) is 235 Å². The van der Waals surface area contributed by atoms with Crippen LogP contribution in [0.5, 0.6) is 46.0 Å². The molecule has 33 heteroatoms. The van der Waals surface area contributed by atoms with Crippen LogP contribution in [0.25, 0.3) is 0 Å². The van der Waals surface area contributed by atoms with E-state index >= 15 is 0 Å². The maximum absolute atomic E-state index is 13.2. The molecule has 8 N–H and O–H groups in total. The molecule has 5 aliphatic rings. The lowest BCUT2D eigenvalue weighted by molar-refractivity contribution is -0.137. The number of cyclic esters (lactones) is 4. The van der Waals surface area contributed by atoms with E-state index in [-0.39, 0.29) is 174 Å². The topological polar surface area (TPSA) is 435 Å². The summed E-state index contributed by atoms with van der Waals surface area (Å²) in [7, 11) is 0. The zero-order chi connectivity index (χ0) is 103. The Hall–Kier alpha value is -12.9. The van der Waals surface area contributed by atoms with Crippen LogP contribution in [0.1, 0.15) is 289 Å². The molecule has 0 radical (unpaired) electrons. The summed E-state index contributed by atoms with van der Waals surface area (Å²) in [5.74, 6) is -5.46. The number of nitrogens with zero attached hydrogens (tertiary/aromatic N) is 8. The zero-order valence-electron chi connectivity index (χ0n) is 83.8. The number of fused-ring (bicyclic) bond motifs is 4. The van der Waals surface area contributed by atoms with Crippen LogP contribution >= 0.6 is 11.6 Å². The standard InChI is InChI=1S/C27H37ClN2O6.2C27H38N2O6.C26H34N2O6/c1-5-11-20-13-10-8-9-12-18(4)14-19(29-35-17-24(33)30(6-2)7-3)15-21-25(27(34)36-20)22(31)16-23(32)26(21)28;2*1-5-11-23-13-10-8-9-12-19(4)14-21(28-34-18-25(32)29(6-2)7-3)15-20-16-22(30)17-24(31)26(20)27(33)35-23;1-19-9-4-2-7-14-33-26(32)25-20(16-22(29)17-23(25)30)15-21(11-8-10-19)27-34-18-24(31)28-12-5-3-6-13-28/h8,10,14,16,20,31-32H,5-7,9,11-13,15,17H2,1-4H3;2*8,10,14,16-17,23,30-31H,5-7,9,11-13,15,18H2,1-4H3;4,8-9,11,16-17,19,29-30H,2-3,5-7,10,12-15,18H2,1H3/b10-8+,18-14+,29-19-;10-8+,19-14+,28-21+;10-8+,19-14+,28-21-;9-4+,11-8+,27-21+. The van der Waals surface area contributed by atoms with E-state index in [2.05, 4.69) is 57.9 Å². The molecule has 0 aromatic heterocycles. The number of likely N-dealkylation sites (tertiary alicyclic amines) is 1. The molecule has 5 heterocycles. The number of oxime groups is 4. The average molecular weight is 1960 g/mol. The third-order valence-corrected chi connectivity index (χ3v) is 23.9. The highest BCUT2D eigenvalue weighted by molar-refractivity contribution is 6.33. The largest absolute Gasteiger partial charge is 0.508 e. The van der Waals surface area contributed by atoms with Gasteiger partial charge >= 0.3 is 23.9 Å². The lowest BCUT2D eigenvalue weighted by Gasteiger charge is -2.26. The van der Waals surface area contributed by atoms with Gasteiger partial charge in [0, 0.05) is 122 Å². The summed E-state index contributed by atoms with van der Waals surface area (Å²) in [5.41, 5.74) is 5.93. The first-order valence-corrected chi connectivity index (χ1v) is 49.4. The average Bonchev–Trinajstić information content (AvgIpc) is 0.796. The molecule has 4 aromatic rings. The molecule has 0 aliphatic carbocycles. The molecular weight excluding hydrogens is 1820 g/mol. The first-order chi connectivity index (χ1) is 67.2. The van der Waals surface area contributed by atoms with Gasteiger partial charge in [0.2, 0.25) is 0 Å². The Morgan fingerprint density at radius 3 is 1.16 bits per heavy atom. The molecule has 1 fully saturated rings. The summed E-state index contributed by atoms with van der Waals surface area (Å²) >= 11 is 6.41. The van der Waals surface area contributed by atoms with E-state index in [1.807, 2.05) is 120 Å². The number of esters is 4. The fourth-order valence-electron chi connectivity index (χ4n) is 16.0. The number of ether oxygens (including phenoxy) is 4. The zero-order valence-corrected chi connectivity index (χ0v) is 84.5. The van der Waals surface area contributed by atoms with E-state index in [1.54, 1.807) is 31.8 Å². The van der Waals surface area contributed by atoms with Gasteiger partial charge in [0.15, 0.2) is 26.4 Å². The number of hydrogen-bond donors (Lipinski definition) is 8. The van der Waals surface area contributed by atoms with E-state index in [1.165, 1.54) is 18.2 Å². The maximum Gasteiger partial charge on any atom is 0.342 e. The molecule has 0 saturated carbocycles. The molecule has 0 spiro atoms. The molecule has 0 bridgehead atoms. The fourth-order valence-corrected chi connectivity index (χ4v) is 16.2. The third-order valence-electron chi connectivity index (χ3n) is 23.4. The Balaban J connectivity index is 0.000000286. The minimum Gasteiger partial charge on any atom is -0.508 e. The van der Waals surface area contributed by atoms with Crippen molar-refractivity contribution in [3.63, 3.8) is 0 Å². The Morgan fingerprint density at radius 2 is 0.764 bits per heavy atom. The van der Waals surface area contributed by atoms with E-state index in [9.17, 15) is 79.2 Å². The Bertz CT molecular complexity index is 4980. The highest BCUT2D eigenvalue weighted by Gasteiger charge is 2.31. The van der Waals surface area contributed by atoms with Crippen molar-refractivity contribution in [2.75, 3.05) is 85.4 Å². The molecule has 32 nitrogen and oxygen atoms in total. The van der Waals surface area contributed by atoms with Crippen LogP contribution in [0.4, 0.5) is 0 Å². The first kappa shape index (κ1) is 116. The summed E-state index contributed by atoms with van der Waals surface area (Å²) in [5, 5.41) is 99.1. The first-order valence-electron chi connectivity index (χ1n) is 49.1. The summed E-state index contributed by atoms with van der Waals surface area (Å²) in [4.78, 5) is 130. The lowest BCUT2D eigenvalue weighted by Crippen LogP contribution is -2.37. The van der Waals surface area contributed by atoms with Crippen LogP contribution in [-0.2, 0) is 83.2 Å². The van der Waals surface area contributed by atoms with E-state index in [4.69, 9.17) is 49.9 Å². The number of aromatic hydroxyl groups is 8. The van der Waals surface area contributed by atoms with Gasteiger partial charge in [-0.15, -0.1) is 0 Å². The predicted molar refractivity (Wildman–Crippen MR) is 541 cm³/mol. The van der Waals surface area contributed by atoms with Crippen molar-refractivity contribution in [3.05, 3.63) is 188 Å². The third kappa shape index (κ3) is 40.2. The molecular formula is C107H147ClN8O24. The van der Waals surface area contributed by atoms with Gasteiger partial charge in [0.25, 0.3) is 23.6 Å². The van der Waals surface area contributed by atoms with Gasteiger partial charge in [-0.2, -0.15) is 0 Å². The number of allylic oxidation sites excluding steroid dienone is 13. The number of piperidine rings is 1. The molecule has 4 amide bonds. The number of carbonyl (C=O) groups is 8. The molecule has 140 heavy (non-hydrogen) atoms. The summed E-state index contributed by atoms with van der Waals surface area (Å²) in [6.45, 7) is 29.7. The summed E-state index contributed by atoms with van der Waals surface area (Å²) in [6, 6.07) is 8.61. The minimum absolute atomic E-state index is 0.0112. The van der Waals surface area contributed by atoms with Gasteiger partial charge in [-0.05, 0) is 229 Å². The number of amides is 4. The second-order valence-corrected chi connectivity index (χ2v) is 35.2. The Kier molecular flexibility index (Phi) is 52.1. The SMILES string of the molecule is CC1/C=C/CCCOC(=O)c2c(O)cc(O)cc2CC(=N/OCC(=O)N2CCCCC2)/C=C/C1.CCCC1C/C=C/CC/C(C)=C/C(=N/OCC(=O)N(CC)CC)Cc2c(Cl)c(O)cc(O)c2C(=O)O1.CCCC1C/C=C/CC/C(C)=C/C(=N/OCC(=O)N(CC)CC)Cc2cc(O)cc(O)c2C(=O)O1.CCCC1C/C=C/CC/C(C)=C/C(=N\OCC(=O)N(CC)CC)Cc2cc(O)cc(O)c2C(=O)O1. The van der Waals surface area contributed by atoms with Crippen LogP contribution in [0, 0.1) is 5.92 Å². The van der Waals surface area contributed by atoms with Crippen LogP contribution in [0.2, 0.25) is 5.02 Å². The van der Waals surface area contributed by atoms with Gasteiger partial charge in [-0.1, -0.05) is 151 Å². The lowest BCUT2D eigenvalue weighted by atomic mass is 9.98. The van der Waals surface area contributed by atoms with Crippen molar-refractivity contribution in [2.45, 2.75) is 269 Å². The maximum atomic E-state index is 13.2. The van der Waals surface area contributed by atoms with Crippen LogP contribution in [0.3, 0.4) is 0 Å². The second-order valence-electron chi connectivity index (χ2n) is 34.8. The molecule has 766 valence electrons. The number of hydrogen-bond acceptors (Lipinski definition) is 28. The number of phenols is 8. The molecule has 5 aliphatic heterocycles. The van der Waals surface area contributed by atoms with Crippen molar-refractivity contribution in [1.29, 1.82) is 0 Å². The predicted octanol–water partition coefficient (Wildman–Crippen LogP) is 19.4. The van der Waals surface area contributed by atoms with Crippen LogP contribution < -0.4 is 0 Å². The molecule has 1 saturated heterocycles. The highest BCUT2D eigenvalue weighted by Crippen LogP contribution is 2.39. The highest BCUT2D eigenvalue weighted by atomic mass is 35.5. The van der Waals surface area contributed by atoms with Gasteiger partial charge < -0.3 is 98.7 Å². The number of rotatable bonds is 24. The summed E-state index contributed by atoms with van der Waals surface area (Å²) < 4.78 is 22.6. The van der Waals surface area contributed by atoms with Gasteiger partial charge in [-0.3, -0.25) is 19.2 Å². The minimum atomic E-state index is -0.731. The van der Waals surface area contributed by atoms with E-state index < -0.39 is 29.6 Å². The fraction of sp³-hybridized carbons (Fsp3) is 0.514. The van der Waals surface area contributed by atoms with Crippen molar-refractivity contribution in [3.8, 4) is 46.0 Å². The molecule has 4 atom stereocenters. The number of likely N-dealkylation sites (N-methyl/N-ethyl adjacent to an activating group) is 3. The number of carbonyl (C=O) groups excluding carboxylic acids is 8. The van der Waals surface area contributed by atoms with E-state index in [0.29, 0.717) is 130 Å². The normalized spacial score (nSPS) is 21.2. The van der Waals surface area contributed by atoms with Gasteiger partial charge in [0.1, 0.15) is 86.6 Å². The smallest absolute Gasteiger partial charge is 0.342 e. The Labute approximate surface area is 829 Å². The number of phenolic OH excluding ortho intramolecular Hbond substituents is 8. The summed E-state index contributed by atoms with van der Waals surface area (Å²) in [6.07, 6.45) is 41.4. The molecule has 9 rings (SSSR count). The van der Waals surface area contributed by atoms with Crippen LogP contribution in [0.15, 0.2) is 159 Å².